The molecule has 2 rings (SSSR count). The molecule has 0 fully saturated rings. The first kappa shape index (κ1) is 14.0. The van der Waals surface area contributed by atoms with Gasteiger partial charge in [0.1, 0.15) is 5.69 Å². The van der Waals surface area contributed by atoms with E-state index in [2.05, 4.69) is 0 Å². The topological polar surface area (TPSA) is 31.2 Å². The van der Waals surface area contributed by atoms with Crippen molar-refractivity contribution < 1.29 is 9.53 Å². The van der Waals surface area contributed by atoms with Crippen LogP contribution in [0.15, 0.2) is 36.5 Å². The molecule has 2 aromatic rings. The average molecular weight is 298 g/mol. The standard InChI is InChI=1S/C14H13Cl2NO2/c1-2-19-14(18)13-7-4-8-17(13)9-10-11(15)5-3-6-12(10)16/h3-8H,2,9H2,1H3. The molecule has 1 aromatic carbocycles. The number of carbonyl (C=O) groups excluding carboxylic acids is 1. The number of nitrogens with zero attached hydrogens (tertiary/aromatic N) is 1. The first-order chi connectivity index (χ1) is 9.13. The third-order valence-corrected chi connectivity index (χ3v) is 3.41. The van der Waals surface area contributed by atoms with E-state index in [9.17, 15) is 4.79 Å². The molecule has 19 heavy (non-hydrogen) atoms. The lowest BCUT2D eigenvalue weighted by Gasteiger charge is -2.11. The summed E-state index contributed by atoms with van der Waals surface area (Å²) in [5.41, 5.74) is 1.27. The first-order valence-corrected chi connectivity index (χ1v) is 6.64. The van der Waals surface area contributed by atoms with E-state index in [-0.39, 0.29) is 5.97 Å². The van der Waals surface area contributed by atoms with Gasteiger partial charge >= 0.3 is 5.97 Å². The lowest BCUT2D eigenvalue weighted by molar-refractivity contribution is 0.0514. The summed E-state index contributed by atoms with van der Waals surface area (Å²) in [6, 6.07) is 8.84. The number of ether oxygens (including phenoxy) is 1. The van der Waals surface area contributed by atoms with Crippen LogP contribution in [-0.4, -0.2) is 17.1 Å². The summed E-state index contributed by atoms with van der Waals surface area (Å²) < 4.78 is 6.77. The molecule has 0 aliphatic heterocycles. The minimum atomic E-state index is -0.351. The Hall–Kier alpha value is -1.45. The number of rotatable bonds is 4. The Balaban J connectivity index is 2.30. The third kappa shape index (κ3) is 3.11. The summed E-state index contributed by atoms with van der Waals surface area (Å²) in [6.45, 7) is 2.55. The summed E-state index contributed by atoms with van der Waals surface area (Å²) in [5.74, 6) is -0.351. The molecule has 100 valence electrons. The maximum atomic E-state index is 11.8. The van der Waals surface area contributed by atoms with Gasteiger partial charge < -0.3 is 9.30 Å². The van der Waals surface area contributed by atoms with Gasteiger partial charge in [-0.2, -0.15) is 0 Å². The summed E-state index contributed by atoms with van der Waals surface area (Å²) in [7, 11) is 0. The highest BCUT2D eigenvalue weighted by Crippen LogP contribution is 2.25. The van der Waals surface area contributed by atoms with Gasteiger partial charge in [-0.3, -0.25) is 0 Å². The number of halogens is 2. The van der Waals surface area contributed by atoms with E-state index in [1.807, 2.05) is 0 Å². The first-order valence-electron chi connectivity index (χ1n) is 5.88. The van der Waals surface area contributed by atoms with Gasteiger partial charge in [0.15, 0.2) is 0 Å². The van der Waals surface area contributed by atoms with Crippen LogP contribution in [0.2, 0.25) is 10.0 Å². The normalized spacial score (nSPS) is 10.5. The van der Waals surface area contributed by atoms with Crippen molar-refractivity contribution in [3.63, 3.8) is 0 Å². The van der Waals surface area contributed by atoms with E-state index >= 15 is 0 Å². The molecular formula is C14H13Cl2NO2. The van der Waals surface area contributed by atoms with E-state index in [1.165, 1.54) is 0 Å². The second kappa shape index (κ2) is 6.13. The zero-order valence-corrected chi connectivity index (χ0v) is 11.9. The predicted molar refractivity (Wildman–Crippen MR) is 76.0 cm³/mol. The molecule has 1 heterocycles. The zero-order valence-electron chi connectivity index (χ0n) is 10.4. The van der Waals surface area contributed by atoms with E-state index in [0.717, 1.165) is 5.56 Å². The van der Waals surface area contributed by atoms with E-state index < -0.39 is 0 Å². The summed E-state index contributed by atoms with van der Waals surface area (Å²) in [6.07, 6.45) is 1.80. The fourth-order valence-corrected chi connectivity index (χ4v) is 2.31. The largest absolute Gasteiger partial charge is 0.461 e. The Labute approximate surface area is 121 Å². The van der Waals surface area contributed by atoms with Crippen molar-refractivity contribution in [1.82, 2.24) is 4.57 Å². The minimum Gasteiger partial charge on any atom is -0.461 e. The molecule has 0 radical (unpaired) electrons. The SMILES string of the molecule is CCOC(=O)c1cccn1Cc1c(Cl)cccc1Cl. The van der Waals surface area contributed by atoms with Crippen molar-refractivity contribution in [1.29, 1.82) is 0 Å². The van der Waals surface area contributed by atoms with Crippen molar-refractivity contribution in [3.05, 3.63) is 57.8 Å². The number of carbonyl (C=O) groups is 1. The molecule has 5 heteroatoms. The van der Waals surface area contributed by atoms with E-state index in [0.29, 0.717) is 28.9 Å². The molecule has 1 aromatic heterocycles. The molecule has 0 spiro atoms. The number of esters is 1. The third-order valence-electron chi connectivity index (χ3n) is 2.70. The molecule has 0 N–H and O–H groups in total. The van der Waals surface area contributed by atoms with Gasteiger partial charge in [-0.05, 0) is 31.2 Å². The van der Waals surface area contributed by atoms with Crippen LogP contribution in [0.5, 0.6) is 0 Å². The molecular weight excluding hydrogens is 285 g/mol. The monoisotopic (exact) mass is 297 g/mol. The molecule has 0 aliphatic rings. The van der Waals surface area contributed by atoms with Crippen molar-refractivity contribution >= 4 is 29.2 Å². The smallest absolute Gasteiger partial charge is 0.354 e. The van der Waals surface area contributed by atoms with Gasteiger partial charge in [0, 0.05) is 21.8 Å². The van der Waals surface area contributed by atoms with Crippen LogP contribution in [0, 0.1) is 0 Å². The molecule has 0 saturated heterocycles. The van der Waals surface area contributed by atoms with Crippen molar-refractivity contribution in [2.75, 3.05) is 6.61 Å². The second-order valence-electron chi connectivity index (χ2n) is 3.94. The minimum absolute atomic E-state index is 0.344. The van der Waals surface area contributed by atoms with Crippen LogP contribution in [-0.2, 0) is 11.3 Å². The Bertz CT molecular complexity index is 573. The molecule has 0 aliphatic carbocycles. The predicted octanol–water partition coefficient (Wildman–Crippen LogP) is 4.02. The highest BCUT2D eigenvalue weighted by atomic mass is 35.5. The Morgan fingerprint density at radius 2 is 1.89 bits per heavy atom. The molecule has 0 bridgehead atoms. The van der Waals surface area contributed by atoms with E-state index in [1.54, 1.807) is 48.0 Å². The number of benzene rings is 1. The fraction of sp³-hybridized carbons (Fsp3) is 0.214. The van der Waals surface area contributed by atoms with Gasteiger partial charge in [-0.15, -0.1) is 0 Å². The maximum absolute atomic E-state index is 11.8. The molecule has 3 nitrogen and oxygen atoms in total. The molecule has 0 atom stereocenters. The highest BCUT2D eigenvalue weighted by Gasteiger charge is 2.14. The lowest BCUT2D eigenvalue weighted by Crippen LogP contribution is -2.12. The zero-order chi connectivity index (χ0) is 13.8. The van der Waals surface area contributed by atoms with Gasteiger partial charge in [0.25, 0.3) is 0 Å². The number of aromatic nitrogens is 1. The fourth-order valence-electron chi connectivity index (χ4n) is 1.80. The Kier molecular flexibility index (Phi) is 4.51. The Morgan fingerprint density at radius 3 is 2.53 bits per heavy atom. The van der Waals surface area contributed by atoms with Crippen LogP contribution in [0.3, 0.4) is 0 Å². The van der Waals surface area contributed by atoms with Gasteiger partial charge in [-0.25, -0.2) is 4.79 Å². The summed E-state index contributed by atoms with van der Waals surface area (Å²) in [5, 5.41) is 1.16. The van der Waals surface area contributed by atoms with Crippen LogP contribution in [0.4, 0.5) is 0 Å². The lowest BCUT2D eigenvalue weighted by atomic mass is 10.2. The number of hydrogen-bond acceptors (Lipinski definition) is 2. The molecule has 0 saturated carbocycles. The molecule has 0 amide bonds. The van der Waals surface area contributed by atoms with Crippen LogP contribution in [0.25, 0.3) is 0 Å². The van der Waals surface area contributed by atoms with Crippen molar-refractivity contribution in [2.45, 2.75) is 13.5 Å². The van der Waals surface area contributed by atoms with Crippen LogP contribution >= 0.6 is 23.2 Å². The number of hydrogen-bond donors (Lipinski definition) is 0. The van der Waals surface area contributed by atoms with Crippen LogP contribution in [0.1, 0.15) is 23.0 Å². The Morgan fingerprint density at radius 1 is 1.21 bits per heavy atom. The summed E-state index contributed by atoms with van der Waals surface area (Å²) >= 11 is 12.3. The summed E-state index contributed by atoms with van der Waals surface area (Å²) in [4.78, 5) is 11.8. The van der Waals surface area contributed by atoms with Gasteiger partial charge in [0.05, 0.1) is 13.2 Å². The quantitative estimate of drug-likeness (QED) is 0.798. The second-order valence-corrected chi connectivity index (χ2v) is 4.76. The van der Waals surface area contributed by atoms with Gasteiger partial charge in [0.2, 0.25) is 0 Å². The van der Waals surface area contributed by atoms with Crippen molar-refractivity contribution in [3.8, 4) is 0 Å². The van der Waals surface area contributed by atoms with Crippen LogP contribution < -0.4 is 0 Å². The van der Waals surface area contributed by atoms with Crippen molar-refractivity contribution in [2.24, 2.45) is 0 Å². The highest BCUT2D eigenvalue weighted by molar-refractivity contribution is 6.35. The maximum Gasteiger partial charge on any atom is 0.354 e. The average Bonchev–Trinajstić information content (AvgIpc) is 2.82. The van der Waals surface area contributed by atoms with E-state index in [4.69, 9.17) is 27.9 Å². The van der Waals surface area contributed by atoms with Gasteiger partial charge in [-0.1, -0.05) is 29.3 Å². The molecule has 0 unspecified atom stereocenters.